The van der Waals surface area contributed by atoms with E-state index in [0.29, 0.717) is 24.2 Å². The van der Waals surface area contributed by atoms with Gasteiger partial charge >= 0.3 is 12.1 Å². The summed E-state index contributed by atoms with van der Waals surface area (Å²) in [5.74, 6) is -0.494. The molecular weight excluding hydrogens is 390 g/mol. The molecular formula is C21H27N3O4S. The fraction of sp³-hybridized carbons (Fsp3) is 0.429. The molecule has 1 amide bonds. The lowest BCUT2D eigenvalue weighted by molar-refractivity contribution is -0.143. The van der Waals surface area contributed by atoms with E-state index in [2.05, 4.69) is 10.3 Å². The molecule has 156 valence electrons. The van der Waals surface area contributed by atoms with Crippen LogP contribution in [0.3, 0.4) is 0 Å². The topological polar surface area (TPSA) is 82.5 Å². The molecule has 2 rings (SSSR count). The summed E-state index contributed by atoms with van der Waals surface area (Å²) in [5.41, 5.74) is 2.82. The molecule has 0 radical (unpaired) electrons. The first-order chi connectivity index (χ1) is 13.9. The number of rotatable bonds is 9. The minimum absolute atomic E-state index is 0.137. The minimum atomic E-state index is -0.756. The van der Waals surface area contributed by atoms with Crippen LogP contribution in [-0.4, -0.2) is 34.8 Å². The highest BCUT2D eigenvalue weighted by Gasteiger charge is 2.21. The zero-order valence-electron chi connectivity index (χ0n) is 17.0. The molecule has 0 bridgehead atoms. The largest absolute Gasteiger partial charge is 0.467 e. The second kappa shape index (κ2) is 11.3. The van der Waals surface area contributed by atoms with Gasteiger partial charge in [-0.05, 0) is 57.0 Å². The van der Waals surface area contributed by atoms with Crippen molar-refractivity contribution in [1.82, 2.24) is 14.9 Å². The molecule has 1 atom stereocenters. The molecule has 0 aliphatic rings. The smallest absolute Gasteiger partial charge is 0.408 e. The van der Waals surface area contributed by atoms with Crippen LogP contribution in [0.5, 0.6) is 0 Å². The van der Waals surface area contributed by atoms with Crippen molar-refractivity contribution in [2.75, 3.05) is 7.11 Å². The molecule has 0 saturated carbocycles. The average molecular weight is 418 g/mol. The Kier molecular flexibility index (Phi) is 8.79. The van der Waals surface area contributed by atoms with Gasteiger partial charge in [-0.15, -0.1) is 0 Å². The van der Waals surface area contributed by atoms with Crippen LogP contribution in [-0.2, 0) is 27.4 Å². The number of alkyl carbamates (subject to hydrolysis) is 1. The maximum absolute atomic E-state index is 12.1. The number of hydrogen-bond donors (Lipinski definition) is 1. The molecule has 7 nitrogen and oxygen atoms in total. The van der Waals surface area contributed by atoms with Gasteiger partial charge in [0.2, 0.25) is 0 Å². The summed E-state index contributed by atoms with van der Waals surface area (Å²) in [6.07, 6.45) is 1.28. The summed E-state index contributed by atoms with van der Waals surface area (Å²) in [5, 5.41) is 2.59. The SMILES string of the molecule is COC(=O)[C@H](CCCCn1c(C)cc(C)nc1=S)NC(=O)OCc1ccccc1. The summed E-state index contributed by atoms with van der Waals surface area (Å²) >= 11 is 5.32. The second-order valence-corrected chi connectivity index (χ2v) is 7.12. The Morgan fingerprint density at radius 1 is 1.21 bits per heavy atom. The highest BCUT2D eigenvalue weighted by molar-refractivity contribution is 7.71. The molecule has 0 unspecified atom stereocenters. The third kappa shape index (κ3) is 7.30. The van der Waals surface area contributed by atoms with E-state index in [1.54, 1.807) is 0 Å². The Morgan fingerprint density at radius 3 is 2.59 bits per heavy atom. The maximum atomic E-state index is 12.1. The van der Waals surface area contributed by atoms with Crippen molar-refractivity contribution in [2.45, 2.75) is 52.3 Å². The second-order valence-electron chi connectivity index (χ2n) is 6.75. The van der Waals surface area contributed by atoms with Crippen molar-refractivity contribution < 1.29 is 19.1 Å². The fourth-order valence-electron chi connectivity index (χ4n) is 2.96. The number of unbranched alkanes of at least 4 members (excludes halogenated alkanes) is 1. The van der Waals surface area contributed by atoms with Gasteiger partial charge < -0.3 is 19.4 Å². The third-order valence-corrected chi connectivity index (χ3v) is 4.77. The Hall–Kier alpha value is -2.74. The molecule has 0 saturated heterocycles. The zero-order chi connectivity index (χ0) is 21.2. The summed E-state index contributed by atoms with van der Waals surface area (Å²) in [4.78, 5) is 28.4. The van der Waals surface area contributed by atoms with Gasteiger partial charge in [0.25, 0.3) is 0 Å². The van der Waals surface area contributed by atoms with Crippen molar-refractivity contribution in [2.24, 2.45) is 0 Å². The van der Waals surface area contributed by atoms with E-state index in [-0.39, 0.29) is 6.61 Å². The van der Waals surface area contributed by atoms with Crippen molar-refractivity contribution in [3.8, 4) is 0 Å². The standard InChI is InChI=1S/C21H27N3O4S/c1-15-13-16(2)24(20(29)22-15)12-8-7-11-18(19(25)27-3)23-21(26)28-14-17-9-5-4-6-10-17/h4-6,9-10,13,18H,7-8,11-12,14H2,1-3H3,(H,23,26)/t18-/m0/s1. The number of ether oxygens (including phenoxy) is 2. The van der Waals surface area contributed by atoms with Gasteiger partial charge in [-0.3, -0.25) is 0 Å². The van der Waals surface area contributed by atoms with Crippen LogP contribution >= 0.6 is 12.2 Å². The van der Waals surface area contributed by atoms with Gasteiger partial charge in [-0.2, -0.15) is 0 Å². The van der Waals surface area contributed by atoms with Gasteiger partial charge in [0.1, 0.15) is 12.6 Å². The Balaban J connectivity index is 1.83. The normalized spacial score (nSPS) is 11.6. The summed E-state index contributed by atoms with van der Waals surface area (Å²) in [6.45, 7) is 4.74. The molecule has 0 fully saturated rings. The van der Waals surface area contributed by atoms with Crippen molar-refractivity contribution in [1.29, 1.82) is 0 Å². The Bertz CT molecular complexity index is 883. The number of methoxy groups -OCH3 is 1. The maximum Gasteiger partial charge on any atom is 0.408 e. The van der Waals surface area contributed by atoms with Crippen molar-refractivity contribution >= 4 is 24.3 Å². The quantitative estimate of drug-likeness (QED) is 0.379. The third-order valence-electron chi connectivity index (χ3n) is 4.46. The first kappa shape index (κ1) is 22.5. The molecule has 1 N–H and O–H groups in total. The molecule has 0 aliphatic heterocycles. The van der Waals surface area contributed by atoms with Gasteiger partial charge in [0.15, 0.2) is 4.77 Å². The summed E-state index contributed by atoms with van der Waals surface area (Å²) in [6, 6.07) is 10.6. The first-order valence-electron chi connectivity index (χ1n) is 9.51. The van der Waals surface area contributed by atoms with Crippen molar-refractivity contribution in [3.63, 3.8) is 0 Å². The van der Waals surface area contributed by atoms with Gasteiger partial charge in [0.05, 0.1) is 7.11 Å². The first-order valence-corrected chi connectivity index (χ1v) is 9.91. The van der Waals surface area contributed by atoms with E-state index in [9.17, 15) is 9.59 Å². The van der Waals surface area contributed by atoms with E-state index < -0.39 is 18.1 Å². The predicted octanol–water partition coefficient (Wildman–Crippen LogP) is 3.87. The fourth-order valence-corrected chi connectivity index (χ4v) is 3.34. The highest BCUT2D eigenvalue weighted by atomic mass is 32.1. The predicted molar refractivity (Wildman–Crippen MR) is 112 cm³/mol. The van der Waals surface area contributed by atoms with Crippen LogP contribution < -0.4 is 5.32 Å². The van der Waals surface area contributed by atoms with Gasteiger partial charge in [-0.25, -0.2) is 14.6 Å². The van der Waals surface area contributed by atoms with Crippen LogP contribution in [0.25, 0.3) is 0 Å². The minimum Gasteiger partial charge on any atom is -0.467 e. The number of aromatic nitrogens is 2. The lowest BCUT2D eigenvalue weighted by atomic mass is 10.1. The van der Waals surface area contributed by atoms with Crippen LogP contribution in [0.15, 0.2) is 36.4 Å². The molecule has 29 heavy (non-hydrogen) atoms. The van der Waals surface area contributed by atoms with Gasteiger partial charge in [0, 0.05) is 17.9 Å². The van der Waals surface area contributed by atoms with E-state index >= 15 is 0 Å². The van der Waals surface area contributed by atoms with Crippen LogP contribution in [0, 0.1) is 18.6 Å². The molecule has 1 heterocycles. The lowest BCUT2D eigenvalue weighted by Crippen LogP contribution is -2.41. The number of amides is 1. The van der Waals surface area contributed by atoms with Crippen LogP contribution in [0.2, 0.25) is 0 Å². The molecule has 0 aliphatic carbocycles. The number of hydrogen-bond acceptors (Lipinski definition) is 6. The summed E-state index contributed by atoms with van der Waals surface area (Å²) < 4.78 is 12.5. The number of nitrogens with zero attached hydrogens (tertiary/aromatic N) is 2. The number of esters is 1. The molecule has 1 aromatic carbocycles. The summed E-state index contributed by atoms with van der Waals surface area (Å²) in [7, 11) is 1.30. The van der Waals surface area contributed by atoms with E-state index in [4.69, 9.17) is 21.7 Å². The molecule has 0 spiro atoms. The average Bonchev–Trinajstić information content (AvgIpc) is 2.70. The molecule has 2 aromatic rings. The number of aryl methyl sites for hydroxylation is 2. The number of carbonyl (C=O) groups is 2. The Morgan fingerprint density at radius 2 is 1.93 bits per heavy atom. The van der Waals surface area contributed by atoms with E-state index in [0.717, 1.165) is 23.4 Å². The molecule has 1 aromatic heterocycles. The van der Waals surface area contributed by atoms with Crippen molar-refractivity contribution in [3.05, 3.63) is 58.1 Å². The molecule has 8 heteroatoms. The number of benzene rings is 1. The Labute approximate surface area is 176 Å². The zero-order valence-corrected chi connectivity index (χ0v) is 17.8. The van der Waals surface area contributed by atoms with Crippen LogP contribution in [0.4, 0.5) is 4.79 Å². The lowest BCUT2D eigenvalue weighted by Gasteiger charge is -2.17. The monoisotopic (exact) mass is 417 g/mol. The van der Waals surface area contributed by atoms with Gasteiger partial charge in [-0.1, -0.05) is 30.3 Å². The number of nitrogens with one attached hydrogen (secondary N) is 1. The van der Waals surface area contributed by atoms with E-state index in [1.807, 2.05) is 54.8 Å². The highest BCUT2D eigenvalue weighted by Crippen LogP contribution is 2.09. The van der Waals surface area contributed by atoms with E-state index in [1.165, 1.54) is 7.11 Å². The number of carbonyl (C=O) groups excluding carboxylic acids is 2. The van der Waals surface area contributed by atoms with Crippen LogP contribution in [0.1, 0.15) is 36.2 Å².